The number of carbonyl (C=O) groups is 1. The van der Waals surface area contributed by atoms with Crippen molar-refractivity contribution in [3.63, 3.8) is 0 Å². The fourth-order valence-electron chi connectivity index (χ4n) is 3.73. The first-order valence-corrected chi connectivity index (χ1v) is 9.97. The van der Waals surface area contributed by atoms with E-state index in [1.807, 2.05) is 13.0 Å². The van der Waals surface area contributed by atoms with Crippen molar-refractivity contribution in [1.29, 1.82) is 0 Å². The second-order valence-corrected chi connectivity index (χ2v) is 7.78. The highest BCUT2D eigenvalue weighted by atomic mass is 19.1. The third kappa shape index (κ3) is 4.39. The molecule has 2 heterocycles. The molecule has 2 N–H and O–H groups in total. The Labute approximate surface area is 179 Å². The van der Waals surface area contributed by atoms with Gasteiger partial charge in [0, 0.05) is 11.6 Å². The average Bonchev–Trinajstić information content (AvgIpc) is 3.50. The van der Waals surface area contributed by atoms with Crippen molar-refractivity contribution in [2.45, 2.75) is 32.3 Å². The summed E-state index contributed by atoms with van der Waals surface area (Å²) < 4.78 is 20.0. The molecule has 2 atom stereocenters. The first-order valence-electron chi connectivity index (χ1n) is 9.97. The minimum atomic E-state index is -0.658. The topological polar surface area (TPSA) is 97.2 Å². The summed E-state index contributed by atoms with van der Waals surface area (Å²) >= 11 is 0. The standard InChI is InChI=1S/C23H23FN4O3/c1-14-20(11-25-15(2)27-14)31-13-23(17-4-3-5-18(24)8-17)9-19(23)22(30)28-21-7-6-16(12-29)10-26-21/h3-8,10-11,19,29H,9,12-13H2,1-2H3,(H,26,28,30)/t19-,23+/m0/s1. The summed E-state index contributed by atoms with van der Waals surface area (Å²) in [6.45, 7) is 3.70. The van der Waals surface area contributed by atoms with Crippen LogP contribution in [0.4, 0.5) is 10.2 Å². The second-order valence-electron chi connectivity index (χ2n) is 7.78. The van der Waals surface area contributed by atoms with Crippen molar-refractivity contribution >= 4 is 11.7 Å². The molecule has 0 aliphatic heterocycles. The number of amides is 1. The van der Waals surface area contributed by atoms with Crippen LogP contribution in [0.2, 0.25) is 0 Å². The molecular weight excluding hydrogens is 399 g/mol. The molecule has 1 aromatic carbocycles. The second kappa shape index (κ2) is 8.39. The summed E-state index contributed by atoms with van der Waals surface area (Å²) in [5.74, 6) is 0.598. The maximum atomic E-state index is 14.0. The van der Waals surface area contributed by atoms with Crippen LogP contribution >= 0.6 is 0 Å². The molecule has 4 rings (SSSR count). The first kappa shape index (κ1) is 20.9. The van der Waals surface area contributed by atoms with Gasteiger partial charge in [0.25, 0.3) is 0 Å². The van der Waals surface area contributed by atoms with Gasteiger partial charge in [0.2, 0.25) is 5.91 Å². The maximum Gasteiger partial charge on any atom is 0.229 e. The summed E-state index contributed by atoms with van der Waals surface area (Å²) in [5.41, 5.74) is 1.41. The van der Waals surface area contributed by atoms with Crippen molar-refractivity contribution < 1.29 is 19.0 Å². The molecule has 0 radical (unpaired) electrons. The molecule has 1 fully saturated rings. The number of nitrogens with one attached hydrogen (secondary N) is 1. The Morgan fingerprint density at radius 3 is 2.77 bits per heavy atom. The van der Waals surface area contributed by atoms with Crippen LogP contribution in [0, 0.1) is 25.6 Å². The van der Waals surface area contributed by atoms with Gasteiger partial charge >= 0.3 is 0 Å². The molecule has 2 aromatic heterocycles. The largest absolute Gasteiger partial charge is 0.489 e. The molecule has 8 heteroatoms. The van der Waals surface area contributed by atoms with Crippen LogP contribution < -0.4 is 10.1 Å². The van der Waals surface area contributed by atoms with E-state index in [1.54, 1.807) is 31.3 Å². The number of hydrogen-bond donors (Lipinski definition) is 2. The van der Waals surface area contributed by atoms with Gasteiger partial charge in [-0.2, -0.15) is 0 Å². The number of aryl methyl sites for hydroxylation is 2. The van der Waals surface area contributed by atoms with E-state index in [1.165, 1.54) is 18.3 Å². The van der Waals surface area contributed by atoms with Crippen LogP contribution in [0.3, 0.4) is 0 Å². The van der Waals surface area contributed by atoms with Gasteiger partial charge in [-0.3, -0.25) is 4.79 Å². The quantitative estimate of drug-likeness (QED) is 0.607. The SMILES string of the molecule is Cc1ncc(OC[C@@]2(c3cccc(F)c3)C[C@H]2C(=O)Nc2ccc(CO)cn2)c(C)n1. The number of aromatic nitrogens is 3. The van der Waals surface area contributed by atoms with Crippen LogP contribution in [0.15, 0.2) is 48.8 Å². The van der Waals surface area contributed by atoms with E-state index in [-0.39, 0.29) is 24.9 Å². The van der Waals surface area contributed by atoms with Gasteiger partial charge in [0.1, 0.15) is 17.5 Å². The Balaban J connectivity index is 1.55. The lowest BCUT2D eigenvalue weighted by molar-refractivity contribution is -0.117. The lowest BCUT2D eigenvalue weighted by Gasteiger charge is -2.19. The van der Waals surface area contributed by atoms with E-state index in [0.29, 0.717) is 40.6 Å². The molecule has 1 saturated carbocycles. The number of nitrogens with zero attached hydrogens (tertiary/aromatic N) is 3. The van der Waals surface area contributed by atoms with Gasteiger partial charge in [-0.25, -0.2) is 19.3 Å². The van der Waals surface area contributed by atoms with Crippen LogP contribution in [-0.4, -0.2) is 32.6 Å². The number of ether oxygens (including phenoxy) is 1. The van der Waals surface area contributed by atoms with E-state index in [0.717, 1.165) is 0 Å². The van der Waals surface area contributed by atoms with Gasteiger partial charge in [0.15, 0.2) is 5.75 Å². The fraction of sp³-hybridized carbons (Fsp3) is 0.304. The summed E-state index contributed by atoms with van der Waals surface area (Å²) in [6.07, 6.45) is 3.63. The van der Waals surface area contributed by atoms with E-state index in [2.05, 4.69) is 20.3 Å². The van der Waals surface area contributed by atoms with Gasteiger partial charge < -0.3 is 15.2 Å². The zero-order valence-electron chi connectivity index (χ0n) is 17.3. The zero-order valence-corrected chi connectivity index (χ0v) is 17.3. The highest BCUT2D eigenvalue weighted by Crippen LogP contribution is 2.55. The van der Waals surface area contributed by atoms with Crippen molar-refractivity contribution in [2.24, 2.45) is 5.92 Å². The monoisotopic (exact) mass is 422 g/mol. The van der Waals surface area contributed by atoms with Gasteiger partial charge in [-0.15, -0.1) is 0 Å². The Morgan fingerprint density at radius 1 is 1.26 bits per heavy atom. The molecule has 7 nitrogen and oxygen atoms in total. The van der Waals surface area contributed by atoms with Crippen molar-refractivity contribution in [2.75, 3.05) is 11.9 Å². The number of aliphatic hydroxyl groups excluding tert-OH is 1. The van der Waals surface area contributed by atoms with Crippen molar-refractivity contribution in [3.05, 3.63) is 77.3 Å². The predicted molar refractivity (Wildman–Crippen MR) is 112 cm³/mol. The smallest absolute Gasteiger partial charge is 0.229 e. The normalized spacial score (nSPS) is 19.7. The zero-order chi connectivity index (χ0) is 22.0. The lowest BCUT2D eigenvalue weighted by Crippen LogP contribution is -2.27. The summed E-state index contributed by atoms with van der Waals surface area (Å²) in [6, 6.07) is 9.60. The number of carbonyl (C=O) groups excluding carboxylic acids is 1. The first-order chi connectivity index (χ1) is 14.9. The summed E-state index contributed by atoms with van der Waals surface area (Å²) in [4.78, 5) is 25.6. The molecular formula is C23H23FN4O3. The number of anilines is 1. The maximum absolute atomic E-state index is 14.0. The van der Waals surface area contributed by atoms with Gasteiger partial charge in [-0.05, 0) is 49.6 Å². The number of rotatable bonds is 7. The van der Waals surface area contributed by atoms with Crippen LogP contribution in [0.25, 0.3) is 0 Å². The van der Waals surface area contributed by atoms with E-state index in [4.69, 9.17) is 9.84 Å². The molecule has 160 valence electrons. The Hall–Kier alpha value is -3.39. The highest BCUT2D eigenvalue weighted by Gasteiger charge is 2.60. The van der Waals surface area contributed by atoms with E-state index < -0.39 is 11.3 Å². The number of halogens is 1. The Kier molecular flexibility index (Phi) is 5.65. The molecule has 31 heavy (non-hydrogen) atoms. The summed E-state index contributed by atoms with van der Waals surface area (Å²) in [5, 5.41) is 11.9. The highest BCUT2D eigenvalue weighted by molar-refractivity contribution is 5.95. The number of pyridine rings is 1. The minimum Gasteiger partial charge on any atom is -0.489 e. The Bertz CT molecular complexity index is 1110. The third-order valence-corrected chi connectivity index (χ3v) is 5.59. The van der Waals surface area contributed by atoms with E-state index >= 15 is 0 Å². The number of aliphatic hydroxyl groups is 1. The predicted octanol–water partition coefficient (Wildman–Crippen LogP) is 3.10. The molecule has 1 amide bonds. The van der Waals surface area contributed by atoms with Gasteiger partial charge in [0.05, 0.1) is 31.0 Å². The van der Waals surface area contributed by atoms with Gasteiger partial charge in [-0.1, -0.05) is 18.2 Å². The van der Waals surface area contributed by atoms with Crippen LogP contribution in [-0.2, 0) is 16.8 Å². The third-order valence-electron chi connectivity index (χ3n) is 5.59. The van der Waals surface area contributed by atoms with E-state index in [9.17, 15) is 9.18 Å². The lowest BCUT2D eigenvalue weighted by atomic mass is 9.93. The molecule has 0 spiro atoms. The number of benzene rings is 1. The minimum absolute atomic E-state index is 0.119. The Morgan fingerprint density at radius 2 is 2.10 bits per heavy atom. The van der Waals surface area contributed by atoms with Crippen LogP contribution in [0.1, 0.15) is 29.1 Å². The van der Waals surface area contributed by atoms with Crippen molar-refractivity contribution in [1.82, 2.24) is 15.0 Å². The fourth-order valence-corrected chi connectivity index (χ4v) is 3.73. The molecule has 0 bridgehead atoms. The molecule has 1 aliphatic rings. The van der Waals surface area contributed by atoms with Crippen molar-refractivity contribution in [3.8, 4) is 5.75 Å². The average molecular weight is 422 g/mol. The van der Waals surface area contributed by atoms with Crippen LogP contribution in [0.5, 0.6) is 5.75 Å². The molecule has 1 aliphatic carbocycles. The molecule has 0 saturated heterocycles. The molecule has 0 unspecified atom stereocenters. The molecule has 3 aromatic rings. The number of hydrogen-bond acceptors (Lipinski definition) is 6. The summed E-state index contributed by atoms with van der Waals surface area (Å²) in [7, 11) is 0.